The Labute approximate surface area is 246 Å². The van der Waals surface area contributed by atoms with Crippen molar-refractivity contribution in [2.24, 2.45) is 4.99 Å². The maximum Gasteiger partial charge on any atom is 0.238 e. The third kappa shape index (κ3) is 4.90. The van der Waals surface area contributed by atoms with Gasteiger partial charge in [-0.15, -0.1) is 0 Å². The van der Waals surface area contributed by atoms with Crippen molar-refractivity contribution in [1.29, 1.82) is 0 Å². The zero-order valence-electron chi connectivity index (χ0n) is 19.3. The number of aryl methyl sites for hydroxylation is 2. The van der Waals surface area contributed by atoms with Crippen LogP contribution in [0.15, 0.2) is 77.1 Å². The number of halogens is 5. The first kappa shape index (κ1) is 27.2. The number of aromatic nitrogens is 1. The molecule has 1 aliphatic heterocycles. The first-order valence-electron chi connectivity index (χ1n) is 10.5. The summed E-state index contributed by atoms with van der Waals surface area (Å²) in [6.07, 6.45) is 0. The molecule has 0 radical (unpaired) electrons. The molecule has 3 aromatic rings. The van der Waals surface area contributed by atoms with Crippen LogP contribution in [0.2, 0.25) is 0 Å². The first-order valence-corrected chi connectivity index (χ1v) is 14.5. The van der Waals surface area contributed by atoms with E-state index >= 15 is 0 Å². The van der Waals surface area contributed by atoms with Gasteiger partial charge in [0, 0.05) is 25.4 Å². The Morgan fingerprint density at radius 3 is 1.80 bits per heavy atom. The number of ether oxygens (including phenoxy) is 2. The summed E-state index contributed by atoms with van der Waals surface area (Å²) in [5.74, 6) is -1.16. The van der Waals surface area contributed by atoms with Crippen molar-refractivity contribution in [3.8, 4) is 0 Å². The minimum absolute atomic E-state index is 0.716. The highest BCUT2D eigenvalue weighted by molar-refractivity contribution is 9.21. The molecule has 0 bridgehead atoms. The van der Waals surface area contributed by atoms with Crippen LogP contribution in [0, 0.1) is 13.8 Å². The van der Waals surface area contributed by atoms with Gasteiger partial charge in [0.1, 0.15) is 4.62 Å². The minimum atomic E-state index is -1.16. The largest absolute Gasteiger partial charge is 0.352 e. The number of hydrogen-bond acceptors (Lipinski definition) is 3. The smallest absolute Gasteiger partial charge is 0.238 e. The van der Waals surface area contributed by atoms with Gasteiger partial charge in [-0.1, -0.05) is 59.7 Å². The molecule has 2 heterocycles. The molecule has 4 rings (SSSR count). The van der Waals surface area contributed by atoms with Gasteiger partial charge >= 0.3 is 0 Å². The first-order chi connectivity index (χ1) is 16.6. The molecular weight excluding hydrogens is 772 g/mol. The third-order valence-corrected chi connectivity index (χ3v) is 11.1. The van der Waals surface area contributed by atoms with Gasteiger partial charge in [-0.2, -0.15) is 0 Å². The van der Waals surface area contributed by atoms with E-state index in [1.165, 1.54) is 5.56 Å². The lowest BCUT2D eigenvalue weighted by Gasteiger charge is -2.31. The summed E-state index contributed by atoms with van der Waals surface area (Å²) in [5, 5.41) is 0. The molecular formula is C26H21Br5N2O2. The summed E-state index contributed by atoms with van der Waals surface area (Å²) in [7, 11) is 3.27. The molecule has 35 heavy (non-hydrogen) atoms. The zero-order valence-corrected chi connectivity index (χ0v) is 27.2. The molecule has 1 N–H and O–H groups in total. The Hall–Kier alpha value is -0.810. The van der Waals surface area contributed by atoms with Crippen molar-refractivity contribution in [3.63, 3.8) is 0 Å². The number of rotatable bonds is 6. The molecule has 0 atom stereocenters. The number of allylic oxidation sites excluding steroid dienone is 2. The van der Waals surface area contributed by atoms with E-state index in [2.05, 4.69) is 116 Å². The number of H-pyrrole nitrogens is 1. The van der Waals surface area contributed by atoms with Crippen LogP contribution in [0.5, 0.6) is 0 Å². The van der Waals surface area contributed by atoms with Crippen molar-refractivity contribution in [3.05, 3.63) is 106 Å². The second-order valence-corrected chi connectivity index (χ2v) is 11.9. The molecule has 0 saturated heterocycles. The van der Waals surface area contributed by atoms with Crippen LogP contribution < -0.4 is 0 Å². The molecule has 0 fully saturated rings. The molecule has 0 spiro atoms. The molecule has 1 aromatic heterocycles. The topological polar surface area (TPSA) is 46.6 Å². The van der Waals surface area contributed by atoms with Crippen LogP contribution in [0.4, 0.5) is 0 Å². The molecule has 0 saturated carbocycles. The summed E-state index contributed by atoms with van der Waals surface area (Å²) >= 11 is 18.5. The summed E-state index contributed by atoms with van der Waals surface area (Å²) < 4.78 is 16.1. The fraction of sp³-hybridized carbons (Fsp3) is 0.192. The van der Waals surface area contributed by atoms with Gasteiger partial charge in [0.15, 0.2) is 0 Å². The summed E-state index contributed by atoms with van der Waals surface area (Å²) in [6, 6.07) is 16.5. The standard InChI is InChI=1S/C26H21Br5N2O2/c1-13-5-9-15(10-6-13)17(23-19(28)21(30)25(31)33-23)22-18(27)20(29)24(32-22)26(34-3,35-4)16-11-7-14(2)8-12-16/h5-12,32H,1-4H3/b23-17-. The quantitative estimate of drug-likeness (QED) is 0.253. The molecule has 1 aliphatic rings. The second-order valence-electron chi connectivity index (χ2n) is 8.01. The average molecular weight is 793 g/mol. The van der Waals surface area contributed by atoms with Crippen LogP contribution in [0.1, 0.15) is 33.6 Å². The third-order valence-electron chi connectivity index (χ3n) is 5.84. The van der Waals surface area contributed by atoms with Gasteiger partial charge < -0.3 is 14.5 Å². The van der Waals surface area contributed by atoms with Crippen molar-refractivity contribution in [2.75, 3.05) is 14.2 Å². The lowest BCUT2D eigenvalue weighted by molar-refractivity contribution is -0.186. The number of hydrogen-bond donors (Lipinski definition) is 1. The Balaban J connectivity index is 2.02. The lowest BCUT2D eigenvalue weighted by Crippen LogP contribution is -2.33. The van der Waals surface area contributed by atoms with Gasteiger partial charge in [0.05, 0.1) is 35.0 Å². The Bertz CT molecular complexity index is 1370. The van der Waals surface area contributed by atoms with E-state index < -0.39 is 5.79 Å². The fourth-order valence-electron chi connectivity index (χ4n) is 3.97. The normalized spacial score (nSPS) is 15.6. The molecule has 0 amide bonds. The Morgan fingerprint density at radius 1 is 0.771 bits per heavy atom. The molecule has 182 valence electrons. The molecule has 2 aromatic carbocycles. The second kappa shape index (κ2) is 10.9. The Kier molecular flexibility index (Phi) is 8.47. The van der Waals surface area contributed by atoms with Gasteiger partial charge in [0.25, 0.3) is 0 Å². The molecule has 0 unspecified atom stereocenters. The number of benzene rings is 2. The Morgan fingerprint density at radius 2 is 1.31 bits per heavy atom. The summed E-state index contributed by atoms with van der Waals surface area (Å²) in [4.78, 5) is 8.40. The monoisotopic (exact) mass is 788 g/mol. The van der Waals surface area contributed by atoms with Crippen LogP contribution >= 0.6 is 79.6 Å². The summed E-state index contributed by atoms with van der Waals surface area (Å²) in [5.41, 5.74) is 7.44. The molecule has 0 aliphatic carbocycles. The summed E-state index contributed by atoms with van der Waals surface area (Å²) in [6.45, 7) is 4.12. The number of nitrogens with one attached hydrogen (secondary N) is 1. The van der Waals surface area contributed by atoms with E-state index in [1.807, 2.05) is 31.2 Å². The maximum absolute atomic E-state index is 6.05. The predicted molar refractivity (Wildman–Crippen MR) is 161 cm³/mol. The van der Waals surface area contributed by atoms with Gasteiger partial charge in [-0.25, -0.2) is 4.99 Å². The fourth-order valence-corrected chi connectivity index (χ4v) is 6.42. The highest BCUT2D eigenvalue weighted by Gasteiger charge is 2.40. The zero-order chi connectivity index (χ0) is 25.5. The van der Waals surface area contributed by atoms with Crippen LogP contribution in [0.25, 0.3) is 5.57 Å². The van der Waals surface area contributed by atoms with Gasteiger partial charge in [0.2, 0.25) is 5.79 Å². The number of aliphatic imine (C=N–C) groups is 1. The van der Waals surface area contributed by atoms with Crippen LogP contribution in [0.3, 0.4) is 0 Å². The number of aromatic amines is 1. The molecule has 4 nitrogen and oxygen atoms in total. The predicted octanol–water partition coefficient (Wildman–Crippen LogP) is 9.22. The highest BCUT2D eigenvalue weighted by Crippen LogP contribution is 2.48. The van der Waals surface area contributed by atoms with E-state index in [0.717, 1.165) is 57.3 Å². The van der Waals surface area contributed by atoms with Crippen LogP contribution in [-0.4, -0.2) is 23.8 Å². The minimum Gasteiger partial charge on any atom is -0.352 e. The SMILES string of the molecule is COC(OC)(c1ccc(C)cc1)c1[nH]c(/C(=C2\N=C(Br)C(Br)=C2Br)c2ccc(C)cc2)c(Br)c1Br. The van der Waals surface area contributed by atoms with Crippen molar-refractivity contribution >= 4 is 89.8 Å². The van der Waals surface area contributed by atoms with E-state index in [-0.39, 0.29) is 0 Å². The molecule has 9 heteroatoms. The van der Waals surface area contributed by atoms with Crippen molar-refractivity contribution in [1.82, 2.24) is 4.98 Å². The van der Waals surface area contributed by atoms with Gasteiger partial charge in [-0.3, -0.25) is 0 Å². The van der Waals surface area contributed by atoms with Crippen molar-refractivity contribution in [2.45, 2.75) is 19.6 Å². The maximum atomic E-state index is 6.05. The lowest BCUT2D eigenvalue weighted by atomic mass is 9.99. The van der Waals surface area contributed by atoms with Gasteiger partial charge in [-0.05, 0) is 99.1 Å². The van der Waals surface area contributed by atoms with E-state index in [1.54, 1.807) is 14.2 Å². The number of methoxy groups -OCH3 is 2. The van der Waals surface area contributed by atoms with Crippen molar-refractivity contribution < 1.29 is 9.47 Å². The van der Waals surface area contributed by atoms with E-state index in [4.69, 9.17) is 14.5 Å². The highest BCUT2D eigenvalue weighted by atomic mass is 79.9. The van der Waals surface area contributed by atoms with E-state index in [9.17, 15) is 0 Å². The average Bonchev–Trinajstić information content (AvgIpc) is 3.28. The number of nitrogens with zero attached hydrogens (tertiary/aromatic N) is 1. The van der Waals surface area contributed by atoms with Crippen LogP contribution in [-0.2, 0) is 15.3 Å². The van der Waals surface area contributed by atoms with E-state index in [0.29, 0.717) is 4.62 Å².